The largest absolute Gasteiger partial charge is 0.366 e. The average Bonchev–Trinajstić information content (AvgIpc) is 2.46. The lowest BCUT2D eigenvalue weighted by Gasteiger charge is -2.35. The van der Waals surface area contributed by atoms with Gasteiger partial charge < -0.3 is 10.2 Å². The highest BCUT2D eigenvalue weighted by atomic mass is 19.1. The summed E-state index contributed by atoms with van der Waals surface area (Å²) in [7, 11) is 3.81. The number of hydrogen-bond donors (Lipinski definition) is 1. The lowest BCUT2D eigenvalue weighted by atomic mass is 9.90. The smallest absolute Gasteiger partial charge is 0.295 e. The Balaban J connectivity index is 2.17. The molecule has 110 valence electrons. The average molecular weight is 281 g/mol. The normalized spacial score (nSPS) is 22.6. The van der Waals surface area contributed by atoms with Gasteiger partial charge in [0, 0.05) is 19.1 Å². The molecule has 0 amide bonds. The van der Waals surface area contributed by atoms with Crippen molar-refractivity contribution in [3.63, 3.8) is 0 Å². The summed E-state index contributed by atoms with van der Waals surface area (Å²) in [6.07, 6.45) is 4.08. The minimum atomic E-state index is -0.576. The second kappa shape index (κ2) is 6.17. The van der Waals surface area contributed by atoms with E-state index in [1.54, 1.807) is 0 Å². The van der Waals surface area contributed by atoms with Gasteiger partial charge in [-0.05, 0) is 44.9 Å². The molecule has 2 rings (SSSR count). The topological polar surface area (TPSA) is 58.4 Å². The second-order valence-electron chi connectivity index (χ2n) is 5.30. The minimum absolute atomic E-state index is 0.164. The van der Waals surface area contributed by atoms with Crippen LogP contribution in [0.4, 0.5) is 15.8 Å². The number of rotatable bonds is 4. The van der Waals surface area contributed by atoms with E-state index in [4.69, 9.17) is 0 Å². The molecule has 1 aliphatic carbocycles. The van der Waals surface area contributed by atoms with Crippen molar-refractivity contribution in [3.05, 3.63) is 34.1 Å². The number of hydrogen-bond acceptors (Lipinski definition) is 4. The third-order valence-corrected chi connectivity index (χ3v) is 4.17. The molecule has 0 unspecified atom stereocenters. The van der Waals surface area contributed by atoms with Crippen LogP contribution in [0, 0.1) is 15.9 Å². The number of nitrogens with zero attached hydrogens (tertiary/aromatic N) is 2. The maximum absolute atomic E-state index is 13.2. The molecule has 0 aromatic heterocycles. The molecule has 1 fully saturated rings. The van der Waals surface area contributed by atoms with E-state index in [-0.39, 0.29) is 11.7 Å². The van der Waals surface area contributed by atoms with Crippen LogP contribution in [0.3, 0.4) is 0 Å². The van der Waals surface area contributed by atoms with E-state index in [9.17, 15) is 14.5 Å². The molecule has 20 heavy (non-hydrogen) atoms. The van der Waals surface area contributed by atoms with Gasteiger partial charge in [0.2, 0.25) is 0 Å². The fourth-order valence-electron chi connectivity index (χ4n) is 2.89. The molecule has 0 saturated heterocycles. The zero-order valence-corrected chi connectivity index (χ0v) is 11.8. The zero-order chi connectivity index (χ0) is 14.7. The van der Waals surface area contributed by atoms with Crippen LogP contribution in [-0.4, -0.2) is 31.1 Å². The molecule has 0 aliphatic heterocycles. The van der Waals surface area contributed by atoms with E-state index in [0.717, 1.165) is 31.7 Å². The van der Waals surface area contributed by atoms with Crippen molar-refractivity contribution < 1.29 is 9.31 Å². The quantitative estimate of drug-likeness (QED) is 0.681. The molecule has 1 N–H and O–H groups in total. The summed E-state index contributed by atoms with van der Waals surface area (Å²) in [6, 6.07) is 4.56. The molecule has 0 spiro atoms. The van der Waals surface area contributed by atoms with Gasteiger partial charge in [0.05, 0.1) is 11.0 Å². The summed E-state index contributed by atoms with van der Waals surface area (Å²) >= 11 is 0. The molecule has 5 nitrogen and oxygen atoms in total. The molecule has 1 saturated carbocycles. The van der Waals surface area contributed by atoms with Crippen molar-refractivity contribution in [3.8, 4) is 0 Å². The Morgan fingerprint density at radius 2 is 2.00 bits per heavy atom. The summed E-state index contributed by atoms with van der Waals surface area (Å²) in [5, 5.41) is 14.3. The third-order valence-electron chi connectivity index (χ3n) is 4.17. The van der Waals surface area contributed by atoms with Gasteiger partial charge in [0.1, 0.15) is 11.5 Å². The molecular weight excluding hydrogens is 261 g/mol. The van der Waals surface area contributed by atoms with E-state index in [0.29, 0.717) is 11.7 Å². The van der Waals surface area contributed by atoms with Crippen molar-refractivity contribution in [2.75, 3.05) is 19.0 Å². The third kappa shape index (κ3) is 3.07. The van der Waals surface area contributed by atoms with Gasteiger partial charge in [-0.2, -0.15) is 0 Å². The van der Waals surface area contributed by atoms with Gasteiger partial charge in [-0.3, -0.25) is 10.1 Å². The molecular formula is C14H20FN3O2. The molecule has 0 atom stereocenters. The first-order chi connectivity index (χ1) is 9.52. The number of anilines is 1. The fraction of sp³-hybridized carbons (Fsp3) is 0.571. The molecule has 1 aromatic rings. The molecule has 0 heterocycles. The Morgan fingerprint density at radius 1 is 1.35 bits per heavy atom. The lowest BCUT2D eigenvalue weighted by Crippen LogP contribution is -2.40. The summed E-state index contributed by atoms with van der Waals surface area (Å²) < 4.78 is 13.2. The van der Waals surface area contributed by atoms with Crippen LogP contribution in [0.25, 0.3) is 0 Å². The highest BCUT2D eigenvalue weighted by molar-refractivity contribution is 5.63. The Hall–Kier alpha value is -1.69. The number of nitro groups is 1. The maximum Gasteiger partial charge on any atom is 0.295 e. The molecule has 0 radical (unpaired) electrons. The Labute approximate surface area is 117 Å². The van der Waals surface area contributed by atoms with Crippen LogP contribution in [0.5, 0.6) is 0 Å². The zero-order valence-electron chi connectivity index (χ0n) is 11.8. The summed E-state index contributed by atoms with van der Waals surface area (Å²) in [4.78, 5) is 12.5. The van der Waals surface area contributed by atoms with E-state index in [2.05, 4.69) is 5.32 Å². The predicted molar refractivity (Wildman–Crippen MR) is 76.6 cm³/mol. The summed E-state index contributed by atoms with van der Waals surface area (Å²) in [6.45, 7) is 0. The van der Waals surface area contributed by atoms with Crippen molar-refractivity contribution in [1.82, 2.24) is 5.32 Å². The second-order valence-corrected chi connectivity index (χ2v) is 5.30. The Kier molecular flexibility index (Phi) is 4.54. The van der Waals surface area contributed by atoms with Gasteiger partial charge in [-0.15, -0.1) is 0 Å². The standard InChI is InChI=1S/C14H20FN3O2/c1-16-11-4-6-12(7-5-11)17(2)13-8-3-10(15)9-14(13)18(19)20/h3,8-9,11-12,16H,4-7H2,1-2H3. The molecule has 1 aromatic carbocycles. The number of halogens is 1. The van der Waals surface area contributed by atoms with E-state index in [1.165, 1.54) is 12.1 Å². The summed E-state index contributed by atoms with van der Waals surface area (Å²) in [5.74, 6) is -0.576. The first kappa shape index (κ1) is 14.7. The minimum Gasteiger partial charge on any atom is -0.366 e. The van der Waals surface area contributed by atoms with Gasteiger partial charge in [0.25, 0.3) is 5.69 Å². The lowest BCUT2D eigenvalue weighted by molar-refractivity contribution is -0.384. The molecule has 6 heteroatoms. The number of benzene rings is 1. The molecule has 1 aliphatic rings. The monoisotopic (exact) mass is 281 g/mol. The highest BCUT2D eigenvalue weighted by Gasteiger charge is 2.27. The van der Waals surface area contributed by atoms with E-state index < -0.39 is 10.7 Å². The van der Waals surface area contributed by atoms with Gasteiger partial charge in [-0.1, -0.05) is 0 Å². The van der Waals surface area contributed by atoms with Crippen LogP contribution in [0.15, 0.2) is 18.2 Å². The van der Waals surface area contributed by atoms with Crippen molar-refractivity contribution in [2.45, 2.75) is 37.8 Å². The van der Waals surface area contributed by atoms with Crippen molar-refractivity contribution in [2.24, 2.45) is 0 Å². The Bertz CT molecular complexity index is 487. The van der Waals surface area contributed by atoms with Gasteiger partial charge >= 0.3 is 0 Å². The van der Waals surface area contributed by atoms with Crippen LogP contribution in [0.2, 0.25) is 0 Å². The number of nitrogens with one attached hydrogen (secondary N) is 1. The van der Waals surface area contributed by atoms with Gasteiger partial charge in [-0.25, -0.2) is 4.39 Å². The van der Waals surface area contributed by atoms with Crippen LogP contribution in [-0.2, 0) is 0 Å². The SMILES string of the molecule is CNC1CCC(N(C)c2ccc(F)cc2[N+](=O)[O-])CC1. The predicted octanol–water partition coefficient (Wildman–Crippen LogP) is 2.70. The van der Waals surface area contributed by atoms with Crippen LogP contribution < -0.4 is 10.2 Å². The van der Waals surface area contributed by atoms with E-state index in [1.807, 2.05) is 19.0 Å². The first-order valence-corrected chi connectivity index (χ1v) is 6.87. The number of nitro benzene ring substituents is 1. The van der Waals surface area contributed by atoms with E-state index >= 15 is 0 Å². The van der Waals surface area contributed by atoms with Crippen molar-refractivity contribution >= 4 is 11.4 Å². The highest BCUT2D eigenvalue weighted by Crippen LogP contribution is 2.33. The van der Waals surface area contributed by atoms with Crippen LogP contribution >= 0.6 is 0 Å². The fourth-order valence-corrected chi connectivity index (χ4v) is 2.89. The Morgan fingerprint density at radius 3 is 2.55 bits per heavy atom. The molecule has 0 bridgehead atoms. The maximum atomic E-state index is 13.2. The summed E-state index contributed by atoms with van der Waals surface area (Å²) in [5.41, 5.74) is 0.326. The van der Waals surface area contributed by atoms with Gasteiger partial charge in [0.15, 0.2) is 0 Å². The van der Waals surface area contributed by atoms with Crippen molar-refractivity contribution in [1.29, 1.82) is 0 Å². The van der Waals surface area contributed by atoms with Crippen LogP contribution in [0.1, 0.15) is 25.7 Å². The first-order valence-electron chi connectivity index (χ1n) is 6.87.